The van der Waals surface area contributed by atoms with Gasteiger partial charge >= 0.3 is 6.09 Å². The van der Waals surface area contributed by atoms with Gasteiger partial charge in [0.05, 0.1) is 6.04 Å². The van der Waals surface area contributed by atoms with E-state index in [9.17, 15) is 9.59 Å². The van der Waals surface area contributed by atoms with Gasteiger partial charge in [-0.15, -0.1) is 0 Å². The van der Waals surface area contributed by atoms with Gasteiger partial charge in [0.2, 0.25) is 5.91 Å². The topological polar surface area (TPSA) is 98.1 Å². The summed E-state index contributed by atoms with van der Waals surface area (Å²) in [5.74, 6) is -0.140. The van der Waals surface area contributed by atoms with E-state index in [4.69, 9.17) is 4.74 Å². The molecule has 8 heteroatoms. The molecule has 1 aromatic rings. The molecule has 1 aliphatic rings. The molecule has 2 amide bonds. The summed E-state index contributed by atoms with van der Waals surface area (Å²) in [4.78, 5) is 27.8. The van der Waals surface area contributed by atoms with Gasteiger partial charge in [-0.05, 0) is 33.6 Å². The lowest BCUT2D eigenvalue weighted by Gasteiger charge is -2.33. The van der Waals surface area contributed by atoms with Crippen LogP contribution in [0.4, 0.5) is 4.79 Å². The number of nitrogens with zero attached hydrogens (tertiary/aromatic N) is 3. The number of hydrogen-bond acceptors (Lipinski definition) is 5. The molecule has 1 saturated carbocycles. The van der Waals surface area contributed by atoms with Crippen LogP contribution >= 0.6 is 0 Å². The Morgan fingerprint density at radius 2 is 1.87 bits per heavy atom. The Labute approximate surface area is 136 Å². The van der Waals surface area contributed by atoms with Gasteiger partial charge in [-0.3, -0.25) is 4.79 Å². The van der Waals surface area contributed by atoms with E-state index in [0.717, 1.165) is 25.7 Å². The minimum Gasteiger partial charge on any atom is -0.444 e. The highest BCUT2D eigenvalue weighted by molar-refractivity contribution is 5.76. The van der Waals surface area contributed by atoms with Crippen molar-refractivity contribution in [2.45, 2.75) is 70.7 Å². The number of hydrogen-bond donors (Lipinski definition) is 2. The molecule has 0 radical (unpaired) electrons. The van der Waals surface area contributed by atoms with Crippen LogP contribution in [0.1, 0.15) is 46.5 Å². The number of alkyl carbamates (subject to hydrolysis) is 1. The molecular formula is C15H25N5O3. The fourth-order valence-corrected chi connectivity index (χ4v) is 2.65. The molecule has 0 aromatic carbocycles. The van der Waals surface area contributed by atoms with Crippen LogP contribution in [0.2, 0.25) is 0 Å². The van der Waals surface area contributed by atoms with Crippen molar-refractivity contribution >= 4 is 12.0 Å². The molecule has 23 heavy (non-hydrogen) atoms. The van der Waals surface area contributed by atoms with Gasteiger partial charge in [-0.25, -0.2) is 14.5 Å². The molecule has 1 aromatic heterocycles. The summed E-state index contributed by atoms with van der Waals surface area (Å²) < 4.78 is 6.76. The van der Waals surface area contributed by atoms with Crippen LogP contribution in [-0.4, -0.2) is 44.4 Å². The molecule has 0 aliphatic heterocycles. The van der Waals surface area contributed by atoms with Crippen molar-refractivity contribution in [2.75, 3.05) is 0 Å². The first-order valence-corrected chi connectivity index (χ1v) is 7.95. The van der Waals surface area contributed by atoms with E-state index in [2.05, 4.69) is 20.7 Å². The first-order valence-electron chi connectivity index (χ1n) is 7.95. The van der Waals surface area contributed by atoms with Crippen molar-refractivity contribution in [3.05, 3.63) is 12.7 Å². The van der Waals surface area contributed by atoms with Gasteiger partial charge in [0, 0.05) is 6.04 Å². The maximum Gasteiger partial charge on any atom is 0.407 e. The summed E-state index contributed by atoms with van der Waals surface area (Å²) in [5.41, 5.74) is -0.537. The summed E-state index contributed by atoms with van der Waals surface area (Å²) in [6.07, 6.45) is 6.16. The normalized spacial score (nSPS) is 21.5. The average molecular weight is 323 g/mol. The maximum absolute atomic E-state index is 12.1. The lowest BCUT2D eigenvalue weighted by Crippen LogP contribution is -2.54. The van der Waals surface area contributed by atoms with E-state index in [-0.39, 0.29) is 24.5 Å². The van der Waals surface area contributed by atoms with E-state index in [0.29, 0.717) is 0 Å². The largest absolute Gasteiger partial charge is 0.444 e. The smallest absolute Gasteiger partial charge is 0.407 e. The van der Waals surface area contributed by atoms with Crippen LogP contribution in [0.3, 0.4) is 0 Å². The van der Waals surface area contributed by atoms with Crippen LogP contribution in [0.5, 0.6) is 0 Å². The average Bonchev–Trinajstić information content (AvgIpc) is 2.91. The third-order valence-corrected chi connectivity index (χ3v) is 3.59. The van der Waals surface area contributed by atoms with Crippen LogP contribution in [0, 0.1) is 0 Å². The summed E-state index contributed by atoms with van der Waals surface area (Å²) >= 11 is 0. The highest BCUT2D eigenvalue weighted by Crippen LogP contribution is 2.19. The second-order valence-electron chi connectivity index (χ2n) is 6.80. The van der Waals surface area contributed by atoms with Gasteiger partial charge in [0.1, 0.15) is 24.8 Å². The quantitative estimate of drug-likeness (QED) is 0.868. The molecule has 1 aliphatic carbocycles. The predicted molar refractivity (Wildman–Crippen MR) is 83.6 cm³/mol. The third kappa shape index (κ3) is 5.88. The van der Waals surface area contributed by atoms with Crippen molar-refractivity contribution in [3.63, 3.8) is 0 Å². The highest BCUT2D eigenvalue weighted by Gasteiger charge is 2.29. The second-order valence-corrected chi connectivity index (χ2v) is 6.80. The molecule has 128 valence electrons. The zero-order valence-corrected chi connectivity index (χ0v) is 13.9. The number of ether oxygens (including phenoxy) is 1. The van der Waals surface area contributed by atoms with Crippen molar-refractivity contribution in [1.82, 2.24) is 25.4 Å². The summed E-state index contributed by atoms with van der Waals surface area (Å²) in [6, 6.07) is -0.203. The minimum atomic E-state index is -0.537. The van der Waals surface area contributed by atoms with Gasteiger partial charge in [-0.1, -0.05) is 12.8 Å². The zero-order chi connectivity index (χ0) is 16.9. The number of nitrogens with one attached hydrogen (secondary N) is 2. The Morgan fingerprint density at radius 1 is 1.22 bits per heavy atom. The fraction of sp³-hybridized carbons (Fsp3) is 0.733. The van der Waals surface area contributed by atoms with E-state index < -0.39 is 11.7 Å². The van der Waals surface area contributed by atoms with Crippen molar-refractivity contribution in [1.29, 1.82) is 0 Å². The molecule has 2 rings (SSSR count). The number of aromatic nitrogens is 3. The molecular weight excluding hydrogens is 298 g/mol. The zero-order valence-electron chi connectivity index (χ0n) is 13.9. The SMILES string of the molecule is CC(C)(C)OC(=O)N[C@@H]1CCCC[C@H]1NC(=O)Cn1cncn1. The summed E-state index contributed by atoms with van der Waals surface area (Å²) in [7, 11) is 0. The number of carbonyl (C=O) groups excluding carboxylic acids is 2. The van der Waals surface area contributed by atoms with Gasteiger partial charge in [-0.2, -0.15) is 5.10 Å². The number of rotatable bonds is 4. The molecule has 0 saturated heterocycles. The Morgan fingerprint density at radius 3 is 2.43 bits per heavy atom. The lowest BCUT2D eigenvalue weighted by molar-refractivity contribution is -0.123. The van der Waals surface area contributed by atoms with Gasteiger partial charge < -0.3 is 15.4 Å². The molecule has 8 nitrogen and oxygen atoms in total. The van der Waals surface area contributed by atoms with E-state index >= 15 is 0 Å². The van der Waals surface area contributed by atoms with Crippen LogP contribution in [-0.2, 0) is 16.1 Å². The van der Waals surface area contributed by atoms with E-state index in [1.54, 1.807) is 0 Å². The standard InChI is InChI=1S/C15H25N5O3/c1-15(2,3)23-14(22)19-12-7-5-4-6-11(12)18-13(21)8-20-10-16-9-17-20/h9-12H,4-8H2,1-3H3,(H,18,21)(H,19,22)/t11-,12-/m1/s1. The summed E-state index contributed by atoms with van der Waals surface area (Å²) in [5, 5.41) is 9.77. The predicted octanol–water partition coefficient (Wildman–Crippen LogP) is 1.23. The molecule has 2 N–H and O–H groups in total. The maximum atomic E-state index is 12.1. The van der Waals surface area contributed by atoms with E-state index in [1.165, 1.54) is 17.3 Å². The van der Waals surface area contributed by atoms with Gasteiger partial charge in [0.15, 0.2) is 0 Å². The van der Waals surface area contributed by atoms with Crippen LogP contribution in [0.25, 0.3) is 0 Å². The minimum absolute atomic E-state index is 0.0905. The van der Waals surface area contributed by atoms with Crippen molar-refractivity contribution in [2.24, 2.45) is 0 Å². The monoisotopic (exact) mass is 323 g/mol. The number of carbonyl (C=O) groups is 2. The Hall–Kier alpha value is -2.12. The molecule has 0 spiro atoms. The highest BCUT2D eigenvalue weighted by atomic mass is 16.6. The second kappa shape index (κ2) is 7.43. The molecule has 1 heterocycles. The Kier molecular flexibility index (Phi) is 5.57. The third-order valence-electron chi connectivity index (χ3n) is 3.59. The summed E-state index contributed by atoms with van der Waals surface area (Å²) in [6.45, 7) is 5.59. The molecule has 0 unspecified atom stereocenters. The molecule has 2 atom stereocenters. The Balaban J connectivity index is 1.87. The van der Waals surface area contributed by atoms with E-state index in [1.807, 2.05) is 20.8 Å². The van der Waals surface area contributed by atoms with Crippen molar-refractivity contribution in [3.8, 4) is 0 Å². The first-order chi connectivity index (χ1) is 10.8. The molecule has 0 bridgehead atoms. The van der Waals surface area contributed by atoms with Gasteiger partial charge in [0.25, 0.3) is 0 Å². The Bertz CT molecular complexity index is 524. The number of amides is 2. The van der Waals surface area contributed by atoms with Crippen molar-refractivity contribution < 1.29 is 14.3 Å². The van der Waals surface area contributed by atoms with Crippen LogP contribution < -0.4 is 10.6 Å². The van der Waals surface area contributed by atoms with Crippen LogP contribution in [0.15, 0.2) is 12.7 Å². The first kappa shape index (κ1) is 17.2. The molecule has 1 fully saturated rings. The fourth-order valence-electron chi connectivity index (χ4n) is 2.65. The lowest BCUT2D eigenvalue weighted by atomic mass is 9.90.